The maximum absolute atomic E-state index is 6.98. The molecule has 1 aromatic rings. The van der Waals surface area contributed by atoms with Gasteiger partial charge in [0.25, 0.3) is 0 Å². The van der Waals surface area contributed by atoms with Gasteiger partial charge in [0.1, 0.15) is 0 Å². The normalized spacial score (nSPS) is 41.5. The molecule has 4 aliphatic carbocycles. The lowest BCUT2D eigenvalue weighted by atomic mass is 9.48. The molecule has 1 atom stereocenters. The van der Waals surface area contributed by atoms with Gasteiger partial charge < -0.3 is 0 Å². The Morgan fingerprint density at radius 3 is 1.89 bits per heavy atom. The number of halogens is 1. The summed E-state index contributed by atoms with van der Waals surface area (Å²) in [5, 5.41) is 0.237. The molecule has 0 nitrogen and oxygen atoms in total. The summed E-state index contributed by atoms with van der Waals surface area (Å²) in [6, 6.07) is 8.94. The molecule has 5 rings (SSSR count). The van der Waals surface area contributed by atoms with Gasteiger partial charge in [-0.3, -0.25) is 0 Å². The van der Waals surface area contributed by atoms with E-state index < -0.39 is 0 Å². The highest BCUT2D eigenvalue weighted by Crippen LogP contribution is 2.65. The van der Waals surface area contributed by atoms with Crippen molar-refractivity contribution in [2.75, 3.05) is 0 Å². The lowest BCUT2D eigenvalue weighted by Gasteiger charge is -2.58. The van der Waals surface area contributed by atoms with Crippen molar-refractivity contribution < 1.29 is 0 Å². The van der Waals surface area contributed by atoms with E-state index >= 15 is 0 Å². The van der Waals surface area contributed by atoms with Crippen LogP contribution in [0.25, 0.3) is 0 Å². The Morgan fingerprint density at radius 2 is 1.42 bits per heavy atom. The zero-order valence-electron chi connectivity index (χ0n) is 11.7. The van der Waals surface area contributed by atoms with Crippen LogP contribution in [0.5, 0.6) is 0 Å². The molecule has 4 aliphatic rings. The molecular formula is C18H23Cl. The van der Waals surface area contributed by atoms with Gasteiger partial charge in [0.05, 0.1) is 5.38 Å². The smallest absolute Gasteiger partial charge is 0.0641 e. The number of alkyl halides is 1. The fraction of sp³-hybridized carbons (Fsp3) is 0.667. The predicted molar refractivity (Wildman–Crippen MR) is 80.4 cm³/mol. The summed E-state index contributed by atoms with van der Waals surface area (Å²) >= 11 is 6.98. The topological polar surface area (TPSA) is 0 Å². The molecular weight excluding hydrogens is 252 g/mol. The fourth-order valence-corrected chi connectivity index (χ4v) is 5.99. The maximum atomic E-state index is 6.98. The first-order valence-corrected chi connectivity index (χ1v) is 8.29. The second-order valence-electron chi connectivity index (χ2n) is 7.55. The molecule has 4 fully saturated rings. The van der Waals surface area contributed by atoms with E-state index in [0.717, 1.165) is 17.8 Å². The van der Waals surface area contributed by atoms with Crippen molar-refractivity contribution in [3.05, 3.63) is 35.4 Å². The highest BCUT2D eigenvalue weighted by molar-refractivity contribution is 6.21. The van der Waals surface area contributed by atoms with Crippen molar-refractivity contribution in [2.45, 2.75) is 50.8 Å². The second-order valence-corrected chi connectivity index (χ2v) is 7.99. The second kappa shape index (κ2) is 4.25. The summed E-state index contributed by atoms with van der Waals surface area (Å²) in [4.78, 5) is 0. The minimum atomic E-state index is 0.237. The van der Waals surface area contributed by atoms with Crippen LogP contribution in [-0.2, 0) is 0 Å². The minimum Gasteiger partial charge on any atom is -0.117 e. The first-order chi connectivity index (χ1) is 9.14. The third kappa shape index (κ3) is 1.95. The average molecular weight is 275 g/mol. The van der Waals surface area contributed by atoms with Crippen LogP contribution in [0, 0.1) is 30.1 Å². The molecule has 4 bridgehead atoms. The summed E-state index contributed by atoms with van der Waals surface area (Å²) < 4.78 is 0. The van der Waals surface area contributed by atoms with Crippen LogP contribution in [0.15, 0.2) is 24.3 Å². The quantitative estimate of drug-likeness (QED) is 0.626. The molecule has 1 unspecified atom stereocenters. The summed E-state index contributed by atoms with van der Waals surface area (Å²) in [5.41, 5.74) is 3.11. The third-order valence-electron chi connectivity index (χ3n) is 5.99. The van der Waals surface area contributed by atoms with Crippen LogP contribution in [0.1, 0.15) is 55.0 Å². The Bertz CT molecular complexity index is 438. The van der Waals surface area contributed by atoms with E-state index in [9.17, 15) is 0 Å². The van der Waals surface area contributed by atoms with Gasteiger partial charge in [0.15, 0.2) is 0 Å². The van der Waals surface area contributed by atoms with Gasteiger partial charge in [-0.2, -0.15) is 0 Å². The predicted octanol–water partition coefficient (Wildman–Crippen LogP) is 5.49. The molecule has 0 aliphatic heterocycles. The first kappa shape index (κ1) is 12.3. The van der Waals surface area contributed by atoms with E-state index in [0.29, 0.717) is 5.41 Å². The Balaban J connectivity index is 1.65. The van der Waals surface area contributed by atoms with Crippen molar-refractivity contribution in [3.63, 3.8) is 0 Å². The number of hydrogen-bond acceptors (Lipinski definition) is 0. The van der Waals surface area contributed by atoms with Gasteiger partial charge in [0, 0.05) is 0 Å². The van der Waals surface area contributed by atoms with Crippen molar-refractivity contribution in [2.24, 2.45) is 23.2 Å². The molecule has 1 heteroatoms. The highest BCUT2D eigenvalue weighted by atomic mass is 35.5. The minimum absolute atomic E-state index is 0.237. The van der Waals surface area contributed by atoms with E-state index in [2.05, 4.69) is 31.2 Å². The monoisotopic (exact) mass is 274 g/mol. The lowest BCUT2D eigenvalue weighted by Crippen LogP contribution is -2.47. The van der Waals surface area contributed by atoms with Crippen LogP contribution in [0.3, 0.4) is 0 Å². The zero-order valence-corrected chi connectivity index (χ0v) is 12.5. The van der Waals surface area contributed by atoms with Crippen LogP contribution >= 0.6 is 11.6 Å². The van der Waals surface area contributed by atoms with E-state index in [-0.39, 0.29) is 5.38 Å². The Labute approximate surface area is 121 Å². The molecule has 0 heterocycles. The Kier molecular flexibility index (Phi) is 2.74. The third-order valence-corrected chi connectivity index (χ3v) is 6.71. The van der Waals surface area contributed by atoms with Crippen LogP contribution in [-0.4, -0.2) is 0 Å². The molecule has 0 spiro atoms. The number of benzene rings is 1. The molecule has 19 heavy (non-hydrogen) atoms. The van der Waals surface area contributed by atoms with Gasteiger partial charge >= 0.3 is 0 Å². The molecule has 4 saturated carbocycles. The van der Waals surface area contributed by atoms with E-state index in [1.54, 1.807) is 0 Å². The number of aryl methyl sites for hydroxylation is 1. The van der Waals surface area contributed by atoms with Crippen LogP contribution in [0.2, 0.25) is 0 Å². The Morgan fingerprint density at radius 1 is 0.947 bits per heavy atom. The van der Waals surface area contributed by atoms with Gasteiger partial charge in [-0.15, -0.1) is 11.6 Å². The van der Waals surface area contributed by atoms with Crippen molar-refractivity contribution in [3.8, 4) is 0 Å². The van der Waals surface area contributed by atoms with Crippen molar-refractivity contribution in [1.82, 2.24) is 0 Å². The molecule has 102 valence electrons. The SMILES string of the molecule is Cc1ccc(C(Cl)C23CC4CC(CC(C4)C2)C3)cc1. The standard InChI is InChI=1S/C18H23Cl/c1-12-2-4-16(5-3-12)17(19)18-9-13-6-14(10-18)8-15(7-13)11-18/h2-5,13-15,17H,6-11H2,1H3. The number of rotatable bonds is 2. The van der Waals surface area contributed by atoms with Crippen LogP contribution < -0.4 is 0 Å². The van der Waals surface area contributed by atoms with Crippen molar-refractivity contribution in [1.29, 1.82) is 0 Å². The average Bonchev–Trinajstić information content (AvgIpc) is 2.37. The van der Waals surface area contributed by atoms with Crippen molar-refractivity contribution >= 4 is 11.6 Å². The summed E-state index contributed by atoms with van der Waals surface area (Å²) in [6.45, 7) is 2.15. The van der Waals surface area contributed by atoms with E-state index in [4.69, 9.17) is 11.6 Å². The molecule has 0 amide bonds. The summed E-state index contributed by atoms with van der Waals surface area (Å²) in [7, 11) is 0. The molecule has 0 aromatic heterocycles. The van der Waals surface area contributed by atoms with Gasteiger partial charge in [0.2, 0.25) is 0 Å². The maximum Gasteiger partial charge on any atom is 0.0641 e. The summed E-state index contributed by atoms with van der Waals surface area (Å²) in [5.74, 6) is 2.95. The van der Waals surface area contributed by atoms with E-state index in [1.807, 2.05) is 0 Å². The van der Waals surface area contributed by atoms with Crippen LogP contribution in [0.4, 0.5) is 0 Å². The molecule has 0 saturated heterocycles. The molecule has 0 N–H and O–H groups in total. The largest absolute Gasteiger partial charge is 0.117 e. The zero-order chi connectivity index (χ0) is 13.0. The summed E-state index contributed by atoms with van der Waals surface area (Å²) in [6.07, 6.45) is 8.66. The molecule has 0 radical (unpaired) electrons. The first-order valence-electron chi connectivity index (χ1n) is 7.85. The van der Waals surface area contributed by atoms with Gasteiger partial charge in [-0.25, -0.2) is 0 Å². The Hall–Kier alpha value is -0.490. The fourth-order valence-electron chi connectivity index (χ4n) is 5.58. The highest BCUT2D eigenvalue weighted by Gasteiger charge is 2.54. The molecule has 1 aromatic carbocycles. The van der Waals surface area contributed by atoms with Gasteiger partial charge in [-0.1, -0.05) is 29.8 Å². The lowest BCUT2D eigenvalue weighted by molar-refractivity contribution is -0.0552. The van der Waals surface area contributed by atoms with Gasteiger partial charge in [-0.05, 0) is 74.2 Å². The number of hydrogen-bond donors (Lipinski definition) is 0. The van der Waals surface area contributed by atoms with E-state index in [1.165, 1.54) is 49.7 Å².